The molecule has 88 valence electrons. The first-order valence-corrected chi connectivity index (χ1v) is 6.76. The first-order valence-electron chi connectivity index (χ1n) is 5.64. The molecule has 1 saturated heterocycles. The summed E-state index contributed by atoms with van der Waals surface area (Å²) in [6.45, 7) is 1.73. The maximum Gasteiger partial charge on any atom is 0.222 e. The van der Waals surface area contributed by atoms with Crippen LogP contribution in [-0.2, 0) is 9.53 Å². The molecule has 1 aliphatic heterocycles. The number of alkyl halides is 1. The maximum absolute atomic E-state index is 11.7. The number of carbonyl (C=O) groups is 1. The summed E-state index contributed by atoms with van der Waals surface area (Å²) in [4.78, 5) is 13.7. The lowest BCUT2D eigenvalue weighted by Crippen LogP contribution is -2.40. The van der Waals surface area contributed by atoms with E-state index in [1.165, 1.54) is 0 Å². The molecule has 0 aliphatic carbocycles. The van der Waals surface area contributed by atoms with Gasteiger partial charge in [0.2, 0.25) is 5.91 Å². The predicted molar refractivity (Wildman–Crippen MR) is 64.3 cm³/mol. The van der Waals surface area contributed by atoms with Gasteiger partial charge in [-0.05, 0) is 25.7 Å². The predicted octanol–water partition coefficient (Wildman–Crippen LogP) is 2.19. The topological polar surface area (TPSA) is 29.5 Å². The third kappa shape index (κ3) is 4.51. The Labute approximate surface area is 100 Å². The first-order chi connectivity index (χ1) is 7.27. The van der Waals surface area contributed by atoms with Crippen molar-refractivity contribution in [3.05, 3.63) is 0 Å². The summed E-state index contributed by atoms with van der Waals surface area (Å²) in [6, 6.07) is 0. The van der Waals surface area contributed by atoms with Gasteiger partial charge in [0.1, 0.15) is 0 Å². The Kier molecular flexibility index (Phi) is 6.25. The molecule has 0 radical (unpaired) electrons. The van der Waals surface area contributed by atoms with Crippen LogP contribution in [0.2, 0.25) is 0 Å². The van der Waals surface area contributed by atoms with Crippen molar-refractivity contribution in [2.45, 2.75) is 38.2 Å². The van der Waals surface area contributed by atoms with Crippen molar-refractivity contribution in [1.82, 2.24) is 4.90 Å². The summed E-state index contributed by atoms with van der Waals surface area (Å²) in [5.74, 6) is 0.311. The molecule has 0 spiro atoms. The Bertz CT molecular complexity index is 191. The van der Waals surface area contributed by atoms with E-state index in [1.54, 1.807) is 7.11 Å². The second-order valence-corrected chi connectivity index (χ2v) is 4.75. The van der Waals surface area contributed by atoms with Gasteiger partial charge in [-0.15, -0.1) is 0 Å². The van der Waals surface area contributed by atoms with Crippen LogP contribution in [0.5, 0.6) is 0 Å². The molecule has 1 heterocycles. The third-order valence-corrected chi connectivity index (χ3v) is 3.46. The Morgan fingerprint density at radius 2 is 2.07 bits per heavy atom. The molecule has 4 heteroatoms. The molecule has 1 fully saturated rings. The van der Waals surface area contributed by atoms with Crippen molar-refractivity contribution in [2.75, 3.05) is 25.5 Å². The highest BCUT2D eigenvalue weighted by Gasteiger charge is 2.21. The van der Waals surface area contributed by atoms with Gasteiger partial charge in [0.05, 0.1) is 6.10 Å². The van der Waals surface area contributed by atoms with Crippen LogP contribution in [0.3, 0.4) is 0 Å². The molecular weight excluding hydrogens is 258 g/mol. The monoisotopic (exact) mass is 277 g/mol. The van der Waals surface area contributed by atoms with E-state index in [2.05, 4.69) is 15.9 Å². The van der Waals surface area contributed by atoms with Gasteiger partial charge in [-0.3, -0.25) is 4.79 Å². The van der Waals surface area contributed by atoms with Crippen molar-refractivity contribution >= 4 is 21.8 Å². The number of methoxy groups -OCH3 is 1. The van der Waals surface area contributed by atoms with E-state index in [0.717, 1.165) is 44.1 Å². The van der Waals surface area contributed by atoms with Gasteiger partial charge in [-0.25, -0.2) is 0 Å². The Hall–Kier alpha value is -0.0900. The summed E-state index contributed by atoms with van der Waals surface area (Å²) < 4.78 is 5.27. The number of hydrogen-bond donors (Lipinski definition) is 0. The van der Waals surface area contributed by atoms with Crippen LogP contribution >= 0.6 is 15.9 Å². The minimum atomic E-state index is 0.311. The normalized spacial score (nSPS) is 18.1. The molecule has 0 aromatic heterocycles. The Balaban J connectivity index is 2.18. The fourth-order valence-corrected chi connectivity index (χ4v) is 2.27. The number of ether oxygens (including phenoxy) is 1. The average Bonchev–Trinajstić information content (AvgIpc) is 2.29. The van der Waals surface area contributed by atoms with E-state index in [-0.39, 0.29) is 0 Å². The molecule has 0 aromatic carbocycles. The van der Waals surface area contributed by atoms with E-state index in [4.69, 9.17) is 4.74 Å². The smallest absolute Gasteiger partial charge is 0.222 e. The van der Waals surface area contributed by atoms with Crippen LogP contribution < -0.4 is 0 Å². The van der Waals surface area contributed by atoms with E-state index in [0.29, 0.717) is 18.4 Å². The van der Waals surface area contributed by atoms with Gasteiger partial charge in [-0.2, -0.15) is 0 Å². The van der Waals surface area contributed by atoms with Gasteiger partial charge in [0.15, 0.2) is 0 Å². The molecule has 0 bridgehead atoms. The second kappa shape index (κ2) is 7.23. The molecule has 15 heavy (non-hydrogen) atoms. The van der Waals surface area contributed by atoms with Crippen LogP contribution in [0.4, 0.5) is 0 Å². The number of amides is 1. The molecule has 0 aromatic rings. The summed E-state index contributed by atoms with van der Waals surface area (Å²) in [7, 11) is 1.75. The fraction of sp³-hybridized carbons (Fsp3) is 0.909. The largest absolute Gasteiger partial charge is 0.381 e. The summed E-state index contributed by atoms with van der Waals surface area (Å²) in [6.07, 6.45) is 5.11. The third-order valence-electron chi connectivity index (χ3n) is 2.90. The Morgan fingerprint density at radius 3 is 2.60 bits per heavy atom. The Morgan fingerprint density at radius 1 is 1.40 bits per heavy atom. The van der Waals surface area contributed by atoms with Crippen molar-refractivity contribution in [2.24, 2.45) is 0 Å². The molecule has 3 nitrogen and oxygen atoms in total. The van der Waals surface area contributed by atoms with Gasteiger partial charge >= 0.3 is 0 Å². The van der Waals surface area contributed by atoms with E-state index in [9.17, 15) is 4.79 Å². The van der Waals surface area contributed by atoms with Crippen LogP contribution in [-0.4, -0.2) is 42.4 Å². The summed E-state index contributed by atoms with van der Waals surface area (Å²) >= 11 is 3.37. The summed E-state index contributed by atoms with van der Waals surface area (Å²) in [5.41, 5.74) is 0. The van der Waals surface area contributed by atoms with Crippen LogP contribution in [0, 0.1) is 0 Å². The number of nitrogens with zero attached hydrogens (tertiary/aromatic N) is 1. The van der Waals surface area contributed by atoms with Crippen LogP contribution in [0.25, 0.3) is 0 Å². The average molecular weight is 278 g/mol. The molecular formula is C11H20BrNO2. The minimum Gasteiger partial charge on any atom is -0.381 e. The summed E-state index contributed by atoms with van der Waals surface area (Å²) in [5, 5.41) is 0.992. The molecule has 0 saturated carbocycles. The zero-order valence-electron chi connectivity index (χ0n) is 9.38. The zero-order chi connectivity index (χ0) is 11.1. The minimum absolute atomic E-state index is 0.311. The number of piperidine rings is 1. The van der Waals surface area contributed by atoms with Gasteiger partial charge in [0, 0.05) is 32.0 Å². The van der Waals surface area contributed by atoms with Crippen LogP contribution in [0.1, 0.15) is 32.1 Å². The van der Waals surface area contributed by atoms with Crippen molar-refractivity contribution in [1.29, 1.82) is 0 Å². The number of likely N-dealkylation sites (tertiary alicyclic amines) is 1. The van der Waals surface area contributed by atoms with Crippen molar-refractivity contribution < 1.29 is 9.53 Å². The molecule has 0 atom stereocenters. The maximum atomic E-state index is 11.7. The van der Waals surface area contributed by atoms with Gasteiger partial charge in [0.25, 0.3) is 0 Å². The van der Waals surface area contributed by atoms with Crippen molar-refractivity contribution in [3.8, 4) is 0 Å². The molecule has 0 unspecified atom stereocenters. The standard InChI is InChI=1S/C11H20BrNO2/c1-15-10-5-8-13(9-6-10)11(14)4-2-3-7-12/h10H,2-9H2,1H3. The first kappa shape index (κ1) is 13.0. The second-order valence-electron chi connectivity index (χ2n) is 3.96. The fourth-order valence-electron chi connectivity index (χ4n) is 1.87. The van der Waals surface area contributed by atoms with E-state index < -0.39 is 0 Å². The number of rotatable bonds is 5. The number of carbonyl (C=O) groups excluding carboxylic acids is 1. The van der Waals surface area contributed by atoms with Gasteiger partial charge < -0.3 is 9.64 Å². The highest BCUT2D eigenvalue weighted by atomic mass is 79.9. The number of hydrogen-bond acceptors (Lipinski definition) is 2. The number of halogens is 1. The van der Waals surface area contributed by atoms with E-state index >= 15 is 0 Å². The lowest BCUT2D eigenvalue weighted by molar-refractivity contribution is -0.133. The van der Waals surface area contributed by atoms with Crippen LogP contribution in [0.15, 0.2) is 0 Å². The van der Waals surface area contributed by atoms with Gasteiger partial charge in [-0.1, -0.05) is 15.9 Å². The zero-order valence-corrected chi connectivity index (χ0v) is 11.0. The molecule has 1 amide bonds. The molecule has 1 aliphatic rings. The highest BCUT2D eigenvalue weighted by molar-refractivity contribution is 9.09. The lowest BCUT2D eigenvalue weighted by atomic mass is 10.1. The lowest BCUT2D eigenvalue weighted by Gasteiger charge is -2.31. The van der Waals surface area contributed by atoms with Crippen molar-refractivity contribution in [3.63, 3.8) is 0 Å². The highest BCUT2D eigenvalue weighted by Crippen LogP contribution is 2.14. The quantitative estimate of drug-likeness (QED) is 0.570. The molecule has 1 rings (SSSR count). The number of unbranched alkanes of at least 4 members (excludes halogenated alkanes) is 1. The van der Waals surface area contributed by atoms with E-state index in [1.807, 2.05) is 4.90 Å². The SMILES string of the molecule is COC1CCN(C(=O)CCCCBr)CC1. The molecule has 0 N–H and O–H groups in total.